The highest BCUT2D eigenvalue weighted by atomic mass is 32.1. The van der Waals surface area contributed by atoms with Crippen LogP contribution in [0.25, 0.3) is 0 Å². The Kier molecular flexibility index (Phi) is 7.72. The van der Waals surface area contributed by atoms with Gasteiger partial charge in [0.25, 0.3) is 5.91 Å². The van der Waals surface area contributed by atoms with Crippen LogP contribution in [0.1, 0.15) is 34.5 Å². The minimum absolute atomic E-state index is 0.0652. The normalized spacial score (nSPS) is 20.3. The molecule has 1 atom stereocenters. The zero-order chi connectivity index (χ0) is 24.1. The number of aromatic nitrogens is 1. The summed E-state index contributed by atoms with van der Waals surface area (Å²) in [5.74, 6) is -2.46. The third-order valence-corrected chi connectivity index (χ3v) is 6.65. The van der Waals surface area contributed by atoms with Gasteiger partial charge in [0.2, 0.25) is 5.91 Å². The highest BCUT2D eigenvalue weighted by Crippen LogP contribution is 2.39. The summed E-state index contributed by atoms with van der Waals surface area (Å²) in [4.78, 5) is 43.1. The Balaban J connectivity index is 0.000000383. The molecule has 2 saturated heterocycles. The molecule has 2 aromatic rings. The summed E-state index contributed by atoms with van der Waals surface area (Å²) < 4.78 is 31.7. The van der Waals surface area contributed by atoms with Crippen LogP contribution < -0.4 is 0 Å². The van der Waals surface area contributed by atoms with Crippen molar-refractivity contribution in [3.05, 3.63) is 52.5 Å². The number of alkyl halides is 3. The molecule has 1 N–H and O–H groups in total. The second-order valence-electron chi connectivity index (χ2n) is 8.21. The Morgan fingerprint density at radius 2 is 1.82 bits per heavy atom. The molecule has 2 aliphatic rings. The predicted octanol–water partition coefficient (Wildman–Crippen LogP) is 3.47. The number of aliphatic carboxylic acids is 1. The zero-order valence-electron chi connectivity index (χ0n) is 17.8. The van der Waals surface area contributed by atoms with Crippen molar-refractivity contribution in [2.75, 3.05) is 26.2 Å². The van der Waals surface area contributed by atoms with Gasteiger partial charge in [-0.25, -0.2) is 4.79 Å². The van der Waals surface area contributed by atoms with Crippen molar-refractivity contribution >= 4 is 29.1 Å². The van der Waals surface area contributed by atoms with Crippen LogP contribution in [0.3, 0.4) is 0 Å². The van der Waals surface area contributed by atoms with Gasteiger partial charge in [0.15, 0.2) is 0 Å². The van der Waals surface area contributed by atoms with Crippen LogP contribution in [0.2, 0.25) is 0 Å². The maximum absolute atomic E-state index is 12.7. The van der Waals surface area contributed by atoms with Crippen LogP contribution >= 0.6 is 11.3 Å². The van der Waals surface area contributed by atoms with Crippen LogP contribution in [0.15, 0.2) is 42.0 Å². The first-order valence-electron chi connectivity index (χ1n) is 10.4. The molecule has 0 radical (unpaired) electrons. The molecular formula is C22H24F3N3O4S. The van der Waals surface area contributed by atoms with Gasteiger partial charge < -0.3 is 14.9 Å². The van der Waals surface area contributed by atoms with Crippen molar-refractivity contribution in [2.45, 2.75) is 31.9 Å². The van der Waals surface area contributed by atoms with E-state index in [1.165, 1.54) is 11.3 Å². The topological polar surface area (TPSA) is 90.8 Å². The molecule has 0 aromatic carbocycles. The monoisotopic (exact) mass is 483 g/mol. The number of carbonyl (C=O) groups is 3. The number of hydrogen-bond donors (Lipinski definition) is 1. The van der Waals surface area contributed by atoms with E-state index in [9.17, 15) is 22.8 Å². The Labute approximate surface area is 192 Å². The standard InChI is InChI=1S/C20H23N3O2S.C2HF3O2/c24-18(12-16-4-1-8-21-13-16)22-9-3-6-20(14-22)7-10-23(15-20)19(25)17-5-2-11-26-17;3-2(4,5)1(6)7/h1-2,4-5,8,11,13H,3,6-7,9-10,12,14-15H2;(H,6,7). The number of carbonyl (C=O) groups excluding carboxylic acids is 2. The van der Waals surface area contributed by atoms with E-state index < -0.39 is 12.1 Å². The van der Waals surface area contributed by atoms with E-state index in [4.69, 9.17) is 9.90 Å². The highest BCUT2D eigenvalue weighted by molar-refractivity contribution is 7.12. The molecule has 2 amide bonds. The molecule has 1 unspecified atom stereocenters. The fourth-order valence-corrected chi connectivity index (χ4v) is 4.90. The first kappa shape index (κ1) is 24.7. The Hall–Kier alpha value is -2.95. The molecule has 2 fully saturated rings. The number of hydrogen-bond acceptors (Lipinski definition) is 5. The maximum Gasteiger partial charge on any atom is 0.490 e. The van der Waals surface area contributed by atoms with E-state index in [0.717, 1.165) is 55.9 Å². The lowest BCUT2D eigenvalue weighted by atomic mass is 9.79. The molecule has 2 aromatic heterocycles. The molecule has 33 heavy (non-hydrogen) atoms. The van der Waals surface area contributed by atoms with E-state index >= 15 is 0 Å². The molecule has 4 rings (SSSR count). The van der Waals surface area contributed by atoms with E-state index in [-0.39, 0.29) is 17.2 Å². The van der Waals surface area contributed by atoms with Crippen LogP contribution in [0.5, 0.6) is 0 Å². The summed E-state index contributed by atoms with van der Waals surface area (Å²) >= 11 is 1.50. The molecule has 11 heteroatoms. The number of rotatable bonds is 3. The minimum atomic E-state index is -5.08. The van der Waals surface area contributed by atoms with Gasteiger partial charge in [-0.3, -0.25) is 14.6 Å². The number of amides is 2. The van der Waals surface area contributed by atoms with E-state index in [1.807, 2.05) is 39.4 Å². The summed E-state index contributed by atoms with van der Waals surface area (Å²) in [6, 6.07) is 7.62. The Morgan fingerprint density at radius 3 is 2.42 bits per heavy atom. The van der Waals surface area contributed by atoms with Crippen molar-refractivity contribution in [2.24, 2.45) is 5.41 Å². The van der Waals surface area contributed by atoms with E-state index in [0.29, 0.717) is 6.42 Å². The molecule has 7 nitrogen and oxygen atoms in total. The second kappa shape index (κ2) is 10.3. The Morgan fingerprint density at radius 1 is 1.09 bits per heavy atom. The lowest BCUT2D eigenvalue weighted by Crippen LogP contribution is -2.48. The number of piperidine rings is 1. The molecule has 2 aliphatic heterocycles. The van der Waals surface area contributed by atoms with E-state index in [2.05, 4.69) is 4.98 Å². The number of pyridine rings is 1. The fourth-order valence-electron chi connectivity index (χ4n) is 4.21. The highest BCUT2D eigenvalue weighted by Gasteiger charge is 2.44. The minimum Gasteiger partial charge on any atom is -0.475 e. The predicted molar refractivity (Wildman–Crippen MR) is 115 cm³/mol. The van der Waals surface area contributed by atoms with Crippen LogP contribution in [-0.4, -0.2) is 70.0 Å². The molecule has 4 heterocycles. The van der Waals surface area contributed by atoms with Gasteiger partial charge in [-0.15, -0.1) is 11.3 Å². The van der Waals surface area contributed by atoms with Gasteiger partial charge in [0.05, 0.1) is 11.3 Å². The number of halogens is 3. The second-order valence-corrected chi connectivity index (χ2v) is 9.16. The average molecular weight is 484 g/mol. The SMILES string of the molecule is O=C(Cc1cccnc1)N1CCCC2(CCN(C(=O)c3cccs3)C2)C1.O=C(O)C(F)(F)F. The van der Waals surface area contributed by atoms with E-state index in [1.54, 1.807) is 12.4 Å². The first-order chi connectivity index (χ1) is 15.6. The summed E-state index contributed by atoms with van der Waals surface area (Å²) in [5, 5.41) is 9.07. The van der Waals surface area contributed by atoms with Gasteiger partial charge in [-0.05, 0) is 42.3 Å². The summed E-state index contributed by atoms with van der Waals surface area (Å²) in [5.41, 5.74) is 1.02. The van der Waals surface area contributed by atoms with Gasteiger partial charge in [-0.1, -0.05) is 12.1 Å². The zero-order valence-corrected chi connectivity index (χ0v) is 18.6. The molecule has 0 aliphatic carbocycles. The lowest BCUT2D eigenvalue weighted by molar-refractivity contribution is -0.192. The summed E-state index contributed by atoms with van der Waals surface area (Å²) in [7, 11) is 0. The van der Waals surface area contributed by atoms with Crippen molar-refractivity contribution in [3.8, 4) is 0 Å². The summed E-state index contributed by atoms with van der Waals surface area (Å²) in [6.07, 6.45) is 1.90. The van der Waals surface area contributed by atoms with Crippen molar-refractivity contribution in [1.29, 1.82) is 0 Å². The number of carboxylic acids is 1. The number of likely N-dealkylation sites (tertiary alicyclic amines) is 2. The van der Waals surface area contributed by atoms with Crippen LogP contribution in [0, 0.1) is 5.41 Å². The molecular weight excluding hydrogens is 459 g/mol. The van der Waals surface area contributed by atoms with Gasteiger partial charge in [0.1, 0.15) is 0 Å². The van der Waals surface area contributed by atoms with Crippen molar-refractivity contribution < 1.29 is 32.7 Å². The Bertz CT molecular complexity index is 969. The van der Waals surface area contributed by atoms with Gasteiger partial charge in [0, 0.05) is 44.0 Å². The van der Waals surface area contributed by atoms with Gasteiger partial charge >= 0.3 is 12.1 Å². The smallest absolute Gasteiger partial charge is 0.475 e. The third-order valence-electron chi connectivity index (χ3n) is 5.79. The maximum atomic E-state index is 12.7. The fraction of sp³-hybridized carbons (Fsp3) is 0.455. The summed E-state index contributed by atoms with van der Waals surface area (Å²) in [6.45, 7) is 3.14. The van der Waals surface area contributed by atoms with Crippen LogP contribution in [-0.2, 0) is 16.0 Å². The average Bonchev–Trinajstić information content (AvgIpc) is 3.45. The molecule has 0 saturated carbocycles. The quantitative estimate of drug-likeness (QED) is 0.722. The largest absolute Gasteiger partial charge is 0.490 e. The number of carboxylic acid groups (broad SMARTS) is 1. The molecule has 0 bridgehead atoms. The lowest BCUT2D eigenvalue weighted by Gasteiger charge is -2.40. The molecule has 178 valence electrons. The third kappa shape index (κ3) is 6.53. The van der Waals surface area contributed by atoms with Gasteiger partial charge in [-0.2, -0.15) is 13.2 Å². The first-order valence-corrected chi connectivity index (χ1v) is 11.3. The number of thiophene rings is 1. The van der Waals surface area contributed by atoms with Crippen molar-refractivity contribution in [1.82, 2.24) is 14.8 Å². The number of nitrogens with zero attached hydrogens (tertiary/aromatic N) is 3. The van der Waals surface area contributed by atoms with Crippen LogP contribution in [0.4, 0.5) is 13.2 Å². The van der Waals surface area contributed by atoms with Crippen molar-refractivity contribution in [3.63, 3.8) is 0 Å². The molecule has 1 spiro atoms.